The van der Waals surface area contributed by atoms with Gasteiger partial charge in [-0.05, 0) is 25.8 Å². The lowest BCUT2D eigenvalue weighted by Crippen LogP contribution is -2.25. The number of nitrogens with zero attached hydrogens (tertiary/aromatic N) is 2. The number of hydrogen-bond acceptors (Lipinski definition) is 3. The van der Waals surface area contributed by atoms with Crippen LogP contribution in [0.25, 0.3) is 0 Å². The van der Waals surface area contributed by atoms with Crippen LogP contribution in [0.15, 0.2) is 24.3 Å². The zero-order valence-electron chi connectivity index (χ0n) is 12.8. The van der Waals surface area contributed by atoms with Gasteiger partial charge in [0.15, 0.2) is 0 Å². The van der Waals surface area contributed by atoms with Crippen molar-refractivity contribution in [3.63, 3.8) is 0 Å². The second kappa shape index (κ2) is 7.42. The van der Waals surface area contributed by atoms with Crippen LogP contribution < -0.4 is 5.32 Å². The molecule has 1 aromatic carbocycles. The van der Waals surface area contributed by atoms with E-state index in [9.17, 15) is 4.79 Å². The Balaban J connectivity index is 2.15. The number of hydrogen-bond donors (Lipinski definition) is 2. The lowest BCUT2D eigenvalue weighted by molar-refractivity contribution is 0.0950. The van der Waals surface area contributed by atoms with Gasteiger partial charge in [-0.1, -0.05) is 41.4 Å². The van der Waals surface area contributed by atoms with E-state index < -0.39 is 0 Å². The van der Waals surface area contributed by atoms with Crippen molar-refractivity contribution in [2.75, 3.05) is 13.2 Å². The molecule has 118 valence electrons. The Labute approximate surface area is 134 Å². The van der Waals surface area contributed by atoms with E-state index in [1.165, 1.54) is 5.56 Å². The van der Waals surface area contributed by atoms with E-state index >= 15 is 0 Å². The van der Waals surface area contributed by atoms with Gasteiger partial charge in [0.25, 0.3) is 5.91 Å². The zero-order valence-corrected chi connectivity index (χ0v) is 13.5. The number of aromatic nitrogens is 2. The zero-order chi connectivity index (χ0) is 16.1. The highest BCUT2D eigenvalue weighted by Gasteiger charge is 2.19. The molecule has 0 aliphatic heterocycles. The number of aliphatic hydroxyl groups is 1. The van der Waals surface area contributed by atoms with E-state index in [1.54, 1.807) is 11.6 Å². The molecule has 2 aromatic rings. The highest BCUT2D eigenvalue weighted by molar-refractivity contribution is 6.33. The summed E-state index contributed by atoms with van der Waals surface area (Å²) in [5.74, 6) is -0.258. The predicted molar refractivity (Wildman–Crippen MR) is 86.3 cm³/mol. The minimum Gasteiger partial charge on any atom is -0.396 e. The van der Waals surface area contributed by atoms with Crippen LogP contribution in [-0.2, 0) is 6.54 Å². The van der Waals surface area contributed by atoms with Gasteiger partial charge in [0.1, 0.15) is 5.15 Å². The quantitative estimate of drug-likeness (QED) is 0.802. The molecule has 0 fully saturated rings. The van der Waals surface area contributed by atoms with Crippen molar-refractivity contribution < 1.29 is 9.90 Å². The van der Waals surface area contributed by atoms with E-state index in [2.05, 4.69) is 10.4 Å². The number of amides is 1. The molecular formula is C16H20ClN3O2. The van der Waals surface area contributed by atoms with Crippen LogP contribution in [0.5, 0.6) is 0 Å². The third-order valence-electron chi connectivity index (χ3n) is 3.37. The van der Waals surface area contributed by atoms with E-state index in [0.717, 1.165) is 5.56 Å². The molecule has 1 aromatic heterocycles. The second-order valence-electron chi connectivity index (χ2n) is 5.23. The first-order chi connectivity index (χ1) is 10.5. The monoisotopic (exact) mass is 321 g/mol. The summed E-state index contributed by atoms with van der Waals surface area (Å²) in [7, 11) is 0. The molecule has 6 heteroatoms. The van der Waals surface area contributed by atoms with E-state index in [0.29, 0.717) is 35.9 Å². The fraction of sp³-hybridized carbons (Fsp3) is 0.375. The highest BCUT2D eigenvalue weighted by atomic mass is 35.5. The fourth-order valence-corrected chi connectivity index (χ4v) is 2.47. The second-order valence-corrected chi connectivity index (χ2v) is 5.59. The largest absolute Gasteiger partial charge is 0.396 e. The van der Waals surface area contributed by atoms with Crippen molar-refractivity contribution >= 4 is 17.5 Å². The number of nitrogens with one attached hydrogen (secondary N) is 1. The number of benzene rings is 1. The molecular weight excluding hydrogens is 302 g/mol. The molecule has 5 nitrogen and oxygen atoms in total. The van der Waals surface area contributed by atoms with E-state index in [1.807, 2.05) is 31.2 Å². The van der Waals surface area contributed by atoms with Gasteiger partial charge in [0, 0.05) is 13.2 Å². The van der Waals surface area contributed by atoms with Gasteiger partial charge >= 0.3 is 0 Å². The number of halogens is 1. The fourth-order valence-electron chi connectivity index (χ4n) is 2.15. The van der Waals surface area contributed by atoms with Gasteiger partial charge < -0.3 is 10.4 Å². The Hall–Kier alpha value is -1.85. The van der Waals surface area contributed by atoms with Crippen LogP contribution >= 0.6 is 11.6 Å². The summed E-state index contributed by atoms with van der Waals surface area (Å²) in [6.07, 6.45) is 0.514. The normalized spacial score (nSPS) is 10.7. The summed E-state index contributed by atoms with van der Waals surface area (Å²) < 4.78 is 1.63. The molecule has 0 aliphatic rings. The number of rotatable bonds is 6. The Bertz CT molecular complexity index is 650. The number of carbonyl (C=O) groups excluding carboxylic acids is 1. The maximum absolute atomic E-state index is 12.1. The number of aryl methyl sites for hydroxylation is 2. The van der Waals surface area contributed by atoms with E-state index in [4.69, 9.17) is 16.7 Å². The molecule has 0 atom stereocenters. The van der Waals surface area contributed by atoms with Crippen LogP contribution in [0, 0.1) is 13.8 Å². The molecule has 0 radical (unpaired) electrons. The van der Waals surface area contributed by atoms with Crippen LogP contribution in [-0.4, -0.2) is 33.9 Å². The van der Waals surface area contributed by atoms with Gasteiger partial charge in [-0.25, -0.2) is 4.68 Å². The first kappa shape index (κ1) is 16.5. The van der Waals surface area contributed by atoms with Crippen molar-refractivity contribution in [2.45, 2.75) is 26.8 Å². The topological polar surface area (TPSA) is 67.2 Å². The molecule has 22 heavy (non-hydrogen) atoms. The molecule has 0 saturated heterocycles. The van der Waals surface area contributed by atoms with Crippen molar-refractivity contribution in [3.8, 4) is 0 Å². The summed E-state index contributed by atoms with van der Waals surface area (Å²) in [4.78, 5) is 12.1. The SMILES string of the molecule is Cc1ccc(Cn2nc(C)c(C(=O)NCCCO)c2Cl)cc1. The standard InChI is InChI=1S/C16H20ClN3O2/c1-11-4-6-13(7-5-11)10-20-15(17)14(12(2)19-20)16(22)18-8-3-9-21/h4-7,21H,3,8-10H2,1-2H3,(H,18,22). The predicted octanol–water partition coefficient (Wildman–Crippen LogP) is 2.31. The Kier molecular flexibility index (Phi) is 5.57. The molecule has 1 heterocycles. The van der Waals surface area contributed by atoms with Gasteiger partial charge in [-0.3, -0.25) is 4.79 Å². The third-order valence-corrected chi connectivity index (χ3v) is 3.75. The molecule has 1 amide bonds. The van der Waals surface area contributed by atoms with Crippen molar-refractivity contribution in [1.82, 2.24) is 15.1 Å². The summed E-state index contributed by atoms with van der Waals surface area (Å²) in [5, 5.41) is 16.2. The van der Waals surface area contributed by atoms with Crippen molar-refractivity contribution in [3.05, 3.63) is 51.8 Å². The molecule has 2 rings (SSSR count). The average molecular weight is 322 g/mol. The molecule has 0 spiro atoms. The maximum Gasteiger partial charge on any atom is 0.256 e. The summed E-state index contributed by atoms with van der Waals surface area (Å²) >= 11 is 6.31. The molecule has 0 saturated carbocycles. The minimum atomic E-state index is -0.258. The summed E-state index contributed by atoms with van der Waals surface area (Å²) in [6.45, 7) is 4.76. The van der Waals surface area contributed by atoms with Crippen molar-refractivity contribution in [1.29, 1.82) is 0 Å². The Morgan fingerprint density at radius 3 is 2.64 bits per heavy atom. The first-order valence-electron chi connectivity index (χ1n) is 7.20. The van der Waals surface area contributed by atoms with Crippen molar-refractivity contribution in [2.24, 2.45) is 0 Å². The molecule has 0 unspecified atom stereocenters. The van der Waals surface area contributed by atoms with Gasteiger partial charge in [-0.2, -0.15) is 5.10 Å². The maximum atomic E-state index is 12.1. The average Bonchev–Trinajstić information content (AvgIpc) is 2.76. The third kappa shape index (κ3) is 3.87. The lowest BCUT2D eigenvalue weighted by Gasteiger charge is -2.05. The van der Waals surface area contributed by atoms with Gasteiger partial charge in [-0.15, -0.1) is 0 Å². The summed E-state index contributed by atoms with van der Waals surface area (Å²) in [6, 6.07) is 8.09. The lowest BCUT2D eigenvalue weighted by atomic mass is 10.1. The highest BCUT2D eigenvalue weighted by Crippen LogP contribution is 2.21. The smallest absolute Gasteiger partial charge is 0.256 e. The molecule has 0 bridgehead atoms. The van der Waals surface area contributed by atoms with Gasteiger partial charge in [0.2, 0.25) is 0 Å². The Morgan fingerprint density at radius 2 is 2.00 bits per heavy atom. The van der Waals surface area contributed by atoms with E-state index in [-0.39, 0.29) is 12.5 Å². The number of aliphatic hydroxyl groups excluding tert-OH is 1. The summed E-state index contributed by atoms with van der Waals surface area (Å²) in [5.41, 5.74) is 3.25. The molecule has 0 aliphatic carbocycles. The minimum absolute atomic E-state index is 0.0413. The van der Waals surface area contributed by atoms with Crippen LogP contribution in [0.3, 0.4) is 0 Å². The first-order valence-corrected chi connectivity index (χ1v) is 7.58. The Morgan fingerprint density at radius 1 is 1.32 bits per heavy atom. The van der Waals surface area contributed by atoms with Crippen LogP contribution in [0.2, 0.25) is 5.15 Å². The van der Waals surface area contributed by atoms with Crippen LogP contribution in [0.4, 0.5) is 0 Å². The van der Waals surface area contributed by atoms with Crippen LogP contribution in [0.1, 0.15) is 33.6 Å². The van der Waals surface area contributed by atoms with Gasteiger partial charge in [0.05, 0.1) is 17.8 Å². The number of carbonyl (C=O) groups is 1. The molecule has 2 N–H and O–H groups in total.